The highest BCUT2D eigenvalue weighted by molar-refractivity contribution is 7.14. The first-order chi connectivity index (χ1) is 9.88. The van der Waals surface area contributed by atoms with Crippen LogP contribution in [-0.2, 0) is 12.0 Å². The summed E-state index contributed by atoms with van der Waals surface area (Å²) in [6.07, 6.45) is 0. The topological polar surface area (TPSA) is 46.9 Å². The van der Waals surface area contributed by atoms with E-state index in [4.69, 9.17) is 0 Å². The number of anilines is 1. The van der Waals surface area contributed by atoms with Gasteiger partial charge in [0.15, 0.2) is 5.13 Å². The van der Waals surface area contributed by atoms with E-state index in [9.17, 15) is 4.79 Å². The van der Waals surface area contributed by atoms with Gasteiger partial charge < -0.3 is 9.88 Å². The van der Waals surface area contributed by atoms with Crippen LogP contribution in [0.15, 0.2) is 22.3 Å². The summed E-state index contributed by atoms with van der Waals surface area (Å²) in [7, 11) is 0. The van der Waals surface area contributed by atoms with Crippen LogP contribution in [-0.4, -0.2) is 16.1 Å². The molecule has 0 aliphatic rings. The van der Waals surface area contributed by atoms with Crippen LogP contribution in [0.25, 0.3) is 11.3 Å². The molecule has 0 aliphatic carbocycles. The maximum Gasteiger partial charge on any atom is 0.260 e. The lowest BCUT2D eigenvalue weighted by molar-refractivity contribution is 0.511. The molecule has 0 amide bonds. The highest BCUT2D eigenvalue weighted by atomic mass is 32.1. The third kappa shape index (κ3) is 3.18. The SMILES string of the molecule is CCNc1nc(-c2ccc(C(C)(C)C)n(CC)c2=O)cs1. The number of nitrogens with zero attached hydrogens (tertiary/aromatic N) is 2. The standard InChI is InChI=1S/C16H23N3OS/c1-6-17-15-18-12(10-21-15)11-8-9-13(16(3,4)5)19(7-2)14(11)20/h8-10H,6-7H2,1-5H3,(H,17,18). The van der Waals surface area contributed by atoms with E-state index >= 15 is 0 Å². The van der Waals surface area contributed by atoms with Gasteiger partial charge in [-0.25, -0.2) is 4.98 Å². The monoisotopic (exact) mass is 305 g/mol. The summed E-state index contributed by atoms with van der Waals surface area (Å²) < 4.78 is 1.85. The molecule has 2 rings (SSSR count). The second kappa shape index (κ2) is 6.02. The molecule has 2 heterocycles. The van der Waals surface area contributed by atoms with Crippen molar-refractivity contribution >= 4 is 16.5 Å². The summed E-state index contributed by atoms with van der Waals surface area (Å²) in [5, 5.41) is 5.97. The maximum absolute atomic E-state index is 12.7. The van der Waals surface area contributed by atoms with Crippen LogP contribution in [0.5, 0.6) is 0 Å². The molecule has 4 nitrogen and oxygen atoms in total. The minimum Gasteiger partial charge on any atom is -0.362 e. The molecule has 0 aromatic carbocycles. The van der Waals surface area contributed by atoms with Crippen molar-refractivity contribution in [3.05, 3.63) is 33.6 Å². The van der Waals surface area contributed by atoms with Crippen LogP contribution < -0.4 is 10.9 Å². The number of rotatable bonds is 4. The van der Waals surface area contributed by atoms with Gasteiger partial charge in [0.1, 0.15) is 0 Å². The van der Waals surface area contributed by atoms with E-state index in [-0.39, 0.29) is 11.0 Å². The molecular weight excluding hydrogens is 282 g/mol. The Bertz CT molecular complexity index is 680. The summed E-state index contributed by atoms with van der Waals surface area (Å²) in [6.45, 7) is 11.9. The van der Waals surface area contributed by atoms with E-state index in [1.807, 2.05) is 35.9 Å². The molecule has 0 saturated heterocycles. The van der Waals surface area contributed by atoms with Gasteiger partial charge in [0.2, 0.25) is 0 Å². The Kier molecular flexibility index (Phi) is 4.52. The van der Waals surface area contributed by atoms with E-state index < -0.39 is 0 Å². The van der Waals surface area contributed by atoms with E-state index in [1.165, 1.54) is 11.3 Å². The van der Waals surface area contributed by atoms with Gasteiger partial charge >= 0.3 is 0 Å². The average Bonchev–Trinajstić information content (AvgIpc) is 2.86. The van der Waals surface area contributed by atoms with Crippen molar-refractivity contribution in [3.63, 3.8) is 0 Å². The second-order valence-corrected chi connectivity index (χ2v) is 6.86. The van der Waals surface area contributed by atoms with Crippen molar-refractivity contribution in [3.8, 4) is 11.3 Å². The summed E-state index contributed by atoms with van der Waals surface area (Å²) in [5.41, 5.74) is 2.47. The zero-order valence-electron chi connectivity index (χ0n) is 13.4. The Morgan fingerprint density at radius 1 is 1.29 bits per heavy atom. The molecule has 0 radical (unpaired) electrons. The molecule has 2 aromatic heterocycles. The third-order valence-corrected chi connectivity index (χ3v) is 4.17. The van der Waals surface area contributed by atoms with E-state index in [2.05, 4.69) is 31.1 Å². The smallest absolute Gasteiger partial charge is 0.260 e. The Morgan fingerprint density at radius 2 is 2.00 bits per heavy atom. The van der Waals surface area contributed by atoms with Crippen molar-refractivity contribution in [2.75, 3.05) is 11.9 Å². The fourth-order valence-electron chi connectivity index (χ4n) is 2.37. The van der Waals surface area contributed by atoms with Gasteiger partial charge in [-0.3, -0.25) is 4.79 Å². The summed E-state index contributed by atoms with van der Waals surface area (Å²) >= 11 is 1.53. The van der Waals surface area contributed by atoms with Gasteiger partial charge in [0, 0.05) is 29.6 Å². The summed E-state index contributed by atoms with van der Waals surface area (Å²) in [5.74, 6) is 0. The molecule has 0 aliphatic heterocycles. The molecule has 0 saturated carbocycles. The second-order valence-electron chi connectivity index (χ2n) is 6.00. The van der Waals surface area contributed by atoms with Crippen LogP contribution in [0.4, 0.5) is 5.13 Å². The zero-order valence-corrected chi connectivity index (χ0v) is 14.2. The third-order valence-electron chi connectivity index (χ3n) is 3.37. The molecule has 21 heavy (non-hydrogen) atoms. The number of pyridine rings is 1. The first-order valence-corrected chi connectivity index (χ1v) is 8.20. The van der Waals surface area contributed by atoms with E-state index in [1.54, 1.807) is 0 Å². The number of hydrogen-bond donors (Lipinski definition) is 1. The molecule has 0 bridgehead atoms. The summed E-state index contributed by atoms with van der Waals surface area (Å²) in [4.78, 5) is 17.2. The lowest BCUT2D eigenvalue weighted by Crippen LogP contribution is -2.30. The van der Waals surface area contributed by atoms with Crippen molar-refractivity contribution in [2.45, 2.75) is 46.6 Å². The molecule has 114 valence electrons. The van der Waals surface area contributed by atoms with Crippen LogP contribution in [0, 0.1) is 0 Å². The largest absolute Gasteiger partial charge is 0.362 e. The Balaban J connectivity index is 2.53. The van der Waals surface area contributed by atoms with Gasteiger partial charge in [-0.15, -0.1) is 11.3 Å². The zero-order chi connectivity index (χ0) is 15.6. The average molecular weight is 305 g/mol. The lowest BCUT2D eigenvalue weighted by Gasteiger charge is -2.24. The molecule has 0 fully saturated rings. The lowest BCUT2D eigenvalue weighted by atomic mass is 9.90. The quantitative estimate of drug-likeness (QED) is 0.936. The number of thiazole rings is 1. The maximum atomic E-state index is 12.7. The number of aromatic nitrogens is 2. The van der Waals surface area contributed by atoms with Gasteiger partial charge in [-0.05, 0) is 26.0 Å². The summed E-state index contributed by atoms with van der Waals surface area (Å²) in [6, 6.07) is 3.95. The van der Waals surface area contributed by atoms with Gasteiger partial charge in [0.05, 0.1) is 11.3 Å². The van der Waals surface area contributed by atoms with Crippen molar-refractivity contribution in [1.82, 2.24) is 9.55 Å². The molecule has 2 aromatic rings. The molecule has 0 spiro atoms. The Morgan fingerprint density at radius 3 is 2.57 bits per heavy atom. The van der Waals surface area contributed by atoms with E-state index in [0.717, 1.165) is 23.1 Å². The molecule has 0 atom stereocenters. The van der Waals surface area contributed by atoms with Crippen LogP contribution >= 0.6 is 11.3 Å². The predicted octanol–water partition coefficient (Wildman–Crippen LogP) is 3.72. The van der Waals surface area contributed by atoms with Crippen LogP contribution in [0.2, 0.25) is 0 Å². The highest BCUT2D eigenvalue weighted by Crippen LogP contribution is 2.26. The highest BCUT2D eigenvalue weighted by Gasteiger charge is 2.20. The fraction of sp³-hybridized carbons (Fsp3) is 0.500. The van der Waals surface area contributed by atoms with Crippen molar-refractivity contribution in [2.24, 2.45) is 0 Å². The molecular formula is C16H23N3OS. The number of nitrogens with one attached hydrogen (secondary N) is 1. The predicted molar refractivity (Wildman–Crippen MR) is 90.3 cm³/mol. The van der Waals surface area contributed by atoms with Gasteiger partial charge in [0.25, 0.3) is 5.56 Å². The van der Waals surface area contributed by atoms with Gasteiger partial charge in [-0.1, -0.05) is 20.8 Å². The van der Waals surface area contributed by atoms with Crippen molar-refractivity contribution in [1.29, 1.82) is 0 Å². The fourth-order valence-corrected chi connectivity index (χ4v) is 3.15. The minimum absolute atomic E-state index is 0.0401. The normalized spacial score (nSPS) is 11.7. The number of hydrogen-bond acceptors (Lipinski definition) is 4. The Labute approximate surface area is 129 Å². The van der Waals surface area contributed by atoms with Crippen LogP contribution in [0.3, 0.4) is 0 Å². The van der Waals surface area contributed by atoms with E-state index in [0.29, 0.717) is 12.1 Å². The first kappa shape index (κ1) is 15.8. The molecule has 5 heteroatoms. The molecule has 1 N–H and O–H groups in total. The van der Waals surface area contributed by atoms with Gasteiger partial charge in [-0.2, -0.15) is 0 Å². The Hall–Kier alpha value is -1.62. The molecule has 0 unspecified atom stereocenters. The minimum atomic E-state index is -0.0509. The first-order valence-electron chi connectivity index (χ1n) is 7.32. The van der Waals surface area contributed by atoms with Crippen LogP contribution in [0.1, 0.15) is 40.3 Å². The van der Waals surface area contributed by atoms with Crippen molar-refractivity contribution < 1.29 is 0 Å².